The van der Waals surface area contributed by atoms with Crippen molar-refractivity contribution in [2.75, 3.05) is 18.6 Å². The lowest BCUT2D eigenvalue weighted by Gasteiger charge is -2.16. The first-order chi connectivity index (χ1) is 9.58. The predicted octanol–water partition coefficient (Wildman–Crippen LogP) is 1.75. The van der Waals surface area contributed by atoms with Crippen LogP contribution in [-0.4, -0.2) is 35.5 Å². The predicted molar refractivity (Wildman–Crippen MR) is 76.0 cm³/mol. The SMILES string of the molecule is COC(=O)C1CC(=O)N(c2ccc3[nH]c(=S)[nH]c3c2)C1. The Morgan fingerprint density at radius 3 is 2.90 bits per heavy atom. The molecule has 1 atom stereocenters. The van der Waals surface area contributed by atoms with E-state index in [9.17, 15) is 9.59 Å². The molecule has 1 aromatic carbocycles. The number of imidazole rings is 1. The summed E-state index contributed by atoms with van der Waals surface area (Å²) in [5, 5.41) is 0. The zero-order valence-electron chi connectivity index (χ0n) is 10.8. The Balaban J connectivity index is 1.92. The van der Waals surface area contributed by atoms with E-state index in [-0.39, 0.29) is 18.3 Å². The molecule has 1 aliphatic heterocycles. The summed E-state index contributed by atoms with van der Waals surface area (Å²) in [4.78, 5) is 31.2. The Labute approximate surface area is 119 Å². The van der Waals surface area contributed by atoms with Crippen molar-refractivity contribution in [2.24, 2.45) is 5.92 Å². The smallest absolute Gasteiger partial charge is 0.311 e. The number of fused-ring (bicyclic) bond motifs is 1. The van der Waals surface area contributed by atoms with Crippen LogP contribution >= 0.6 is 12.2 Å². The van der Waals surface area contributed by atoms with E-state index < -0.39 is 5.92 Å². The number of carbonyl (C=O) groups is 2. The van der Waals surface area contributed by atoms with E-state index in [0.717, 1.165) is 16.7 Å². The number of carbonyl (C=O) groups excluding carboxylic acids is 2. The first kappa shape index (κ1) is 12.9. The molecule has 0 bridgehead atoms. The third kappa shape index (κ3) is 2.09. The van der Waals surface area contributed by atoms with Crippen molar-refractivity contribution < 1.29 is 14.3 Å². The number of ether oxygens (including phenoxy) is 1. The molecule has 0 aliphatic carbocycles. The third-order valence-electron chi connectivity index (χ3n) is 3.47. The van der Waals surface area contributed by atoms with Crippen molar-refractivity contribution >= 4 is 40.8 Å². The number of H-pyrrole nitrogens is 2. The minimum absolute atomic E-state index is 0.0751. The van der Waals surface area contributed by atoms with Gasteiger partial charge in [-0.2, -0.15) is 0 Å². The number of esters is 1. The van der Waals surface area contributed by atoms with E-state index in [1.54, 1.807) is 4.90 Å². The molecule has 0 spiro atoms. The molecule has 2 N–H and O–H groups in total. The van der Waals surface area contributed by atoms with Gasteiger partial charge in [-0.25, -0.2) is 0 Å². The summed E-state index contributed by atoms with van der Waals surface area (Å²) in [5.74, 6) is -0.815. The normalized spacial score (nSPS) is 18.8. The quantitative estimate of drug-likeness (QED) is 0.652. The van der Waals surface area contributed by atoms with E-state index in [1.807, 2.05) is 18.2 Å². The Hall–Kier alpha value is -2.15. The minimum atomic E-state index is -0.395. The highest BCUT2D eigenvalue weighted by Gasteiger charge is 2.35. The average molecular weight is 291 g/mol. The highest BCUT2D eigenvalue weighted by molar-refractivity contribution is 7.71. The summed E-state index contributed by atoms with van der Waals surface area (Å²) in [6.07, 6.45) is 0.188. The van der Waals surface area contributed by atoms with E-state index >= 15 is 0 Å². The number of nitrogens with one attached hydrogen (secondary N) is 2. The first-order valence-electron chi connectivity index (χ1n) is 6.18. The molecule has 6 nitrogen and oxygen atoms in total. The van der Waals surface area contributed by atoms with Crippen molar-refractivity contribution in [1.29, 1.82) is 0 Å². The van der Waals surface area contributed by atoms with Crippen molar-refractivity contribution in [1.82, 2.24) is 9.97 Å². The lowest BCUT2D eigenvalue weighted by atomic mass is 10.1. The fraction of sp³-hybridized carbons (Fsp3) is 0.308. The van der Waals surface area contributed by atoms with E-state index in [2.05, 4.69) is 9.97 Å². The van der Waals surface area contributed by atoms with Crippen molar-refractivity contribution in [3.63, 3.8) is 0 Å². The van der Waals surface area contributed by atoms with Crippen LogP contribution in [0.15, 0.2) is 18.2 Å². The molecular formula is C13H13N3O3S. The molecule has 3 rings (SSSR count). The maximum Gasteiger partial charge on any atom is 0.311 e. The summed E-state index contributed by atoms with van der Waals surface area (Å²) in [6.45, 7) is 0.349. The minimum Gasteiger partial charge on any atom is -0.469 e. The lowest BCUT2D eigenvalue weighted by Crippen LogP contribution is -2.26. The summed E-state index contributed by atoms with van der Waals surface area (Å²) in [5.41, 5.74) is 2.47. The van der Waals surface area contributed by atoms with Crippen molar-refractivity contribution in [2.45, 2.75) is 6.42 Å². The van der Waals surface area contributed by atoms with Crippen LogP contribution in [0.1, 0.15) is 6.42 Å². The number of anilines is 1. The summed E-state index contributed by atoms with van der Waals surface area (Å²) >= 11 is 5.03. The highest BCUT2D eigenvalue weighted by atomic mass is 32.1. The number of aromatic nitrogens is 2. The van der Waals surface area contributed by atoms with Gasteiger partial charge in [-0.1, -0.05) is 0 Å². The van der Waals surface area contributed by atoms with Gasteiger partial charge in [0.25, 0.3) is 0 Å². The van der Waals surface area contributed by atoms with Crippen LogP contribution in [0.2, 0.25) is 0 Å². The van der Waals surface area contributed by atoms with Gasteiger partial charge in [0.05, 0.1) is 24.1 Å². The van der Waals surface area contributed by atoms with Crippen LogP contribution in [0.25, 0.3) is 11.0 Å². The first-order valence-corrected chi connectivity index (χ1v) is 6.59. The molecule has 104 valence electrons. The van der Waals surface area contributed by atoms with E-state index in [4.69, 9.17) is 17.0 Å². The second kappa shape index (κ2) is 4.75. The van der Waals surface area contributed by atoms with Crippen LogP contribution in [0.5, 0.6) is 0 Å². The molecule has 2 aromatic rings. The highest BCUT2D eigenvalue weighted by Crippen LogP contribution is 2.27. The molecular weight excluding hydrogens is 278 g/mol. The van der Waals surface area contributed by atoms with E-state index in [1.165, 1.54) is 7.11 Å². The van der Waals surface area contributed by atoms with Gasteiger partial charge in [0.2, 0.25) is 5.91 Å². The fourth-order valence-corrected chi connectivity index (χ4v) is 2.69. The second-order valence-corrected chi connectivity index (χ2v) is 5.15. The number of nitrogens with zero attached hydrogens (tertiary/aromatic N) is 1. The van der Waals surface area contributed by atoms with Gasteiger partial charge < -0.3 is 19.6 Å². The van der Waals surface area contributed by atoms with Crippen LogP contribution in [-0.2, 0) is 14.3 Å². The standard InChI is InChI=1S/C13H13N3O3S/c1-19-12(18)7-4-11(17)16(6-7)8-2-3-9-10(5-8)15-13(20)14-9/h2-3,5,7H,4,6H2,1H3,(H2,14,15,20). The zero-order valence-corrected chi connectivity index (χ0v) is 11.6. The van der Waals surface area contributed by atoms with E-state index in [0.29, 0.717) is 11.3 Å². The monoisotopic (exact) mass is 291 g/mol. The number of hydrogen-bond acceptors (Lipinski definition) is 4. The molecule has 1 aliphatic rings. The lowest BCUT2D eigenvalue weighted by molar-refractivity contribution is -0.145. The summed E-state index contributed by atoms with van der Waals surface area (Å²) < 4.78 is 5.24. The topological polar surface area (TPSA) is 78.2 Å². The second-order valence-electron chi connectivity index (χ2n) is 4.74. The molecule has 1 unspecified atom stereocenters. The number of amides is 1. The molecule has 0 saturated carbocycles. The molecule has 0 radical (unpaired) electrons. The summed E-state index contributed by atoms with van der Waals surface area (Å²) in [6, 6.07) is 5.54. The van der Waals surface area contributed by atoms with Gasteiger partial charge in [-0.15, -0.1) is 0 Å². The molecule has 20 heavy (non-hydrogen) atoms. The number of methoxy groups -OCH3 is 1. The molecule has 7 heteroatoms. The van der Waals surface area contributed by atoms with Crippen LogP contribution in [0.3, 0.4) is 0 Å². The maximum atomic E-state index is 12.0. The van der Waals surface area contributed by atoms with Gasteiger partial charge in [-0.3, -0.25) is 9.59 Å². The molecule has 1 amide bonds. The molecule has 1 fully saturated rings. The average Bonchev–Trinajstić information content (AvgIpc) is 2.98. The Morgan fingerprint density at radius 1 is 1.40 bits per heavy atom. The molecule has 1 aromatic heterocycles. The van der Waals surface area contributed by atoms with Gasteiger partial charge in [0.15, 0.2) is 4.77 Å². The Kier molecular flexibility index (Phi) is 3.06. The van der Waals surface area contributed by atoms with Gasteiger partial charge in [-0.05, 0) is 30.4 Å². The van der Waals surface area contributed by atoms with Gasteiger partial charge in [0.1, 0.15) is 0 Å². The van der Waals surface area contributed by atoms with Crippen molar-refractivity contribution in [3.05, 3.63) is 23.0 Å². The van der Waals surface area contributed by atoms with Gasteiger partial charge in [0, 0.05) is 18.7 Å². The zero-order chi connectivity index (χ0) is 14.3. The number of rotatable bonds is 2. The van der Waals surface area contributed by atoms with Crippen LogP contribution < -0.4 is 4.90 Å². The van der Waals surface area contributed by atoms with Crippen LogP contribution in [0.4, 0.5) is 5.69 Å². The number of hydrogen-bond donors (Lipinski definition) is 2. The Bertz CT molecular complexity index is 749. The maximum absolute atomic E-state index is 12.0. The van der Waals surface area contributed by atoms with Gasteiger partial charge >= 0.3 is 5.97 Å². The van der Waals surface area contributed by atoms with Crippen LogP contribution in [0, 0.1) is 10.7 Å². The molecule has 1 saturated heterocycles. The summed E-state index contributed by atoms with van der Waals surface area (Å²) in [7, 11) is 1.33. The largest absolute Gasteiger partial charge is 0.469 e. The fourth-order valence-electron chi connectivity index (χ4n) is 2.47. The van der Waals surface area contributed by atoms with Crippen molar-refractivity contribution in [3.8, 4) is 0 Å². The number of benzene rings is 1. The Morgan fingerprint density at radius 2 is 2.15 bits per heavy atom. The third-order valence-corrected chi connectivity index (χ3v) is 3.67. The molecule has 2 heterocycles. The number of aromatic amines is 2.